The van der Waals surface area contributed by atoms with E-state index in [1.54, 1.807) is 0 Å². The molecule has 5 heteroatoms. The Morgan fingerprint density at radius 2 is 1.95 bits per heavy atom. The summed E-state index contributed by atoms with van der Waals surface area (Å²) >= 11 is 0. The third-order valence-electron chi connectivity index (χ3n) is 2.63. The van der Waals surface area contributed by atoms with Crippen molar-refractivity contribution in [1.29, 1.82) is 0 Å². The fourth-order valence-corrected chi connectivity index (χ4v) is 1.67. The second-order valence-electron chi connectivity index (χ2n) is 5.78. The van der Waals surface area contributed by atoms with Crippen LogP contribution in [0.25, 0.3) is 0 Å². The van der Waals surface area contributed by atoms with Gasteiger partial charge in [0.15, 0.2) is 0 Å². The molecule has 0 aromatic rings. The van der Waals surface area contributed by atoms with E-state index in [2.05, 4.69) is 16.6 Å². The Morgan fingerprint density at radius 1 is 1.37 bits per heavy atom. The van der Waals surface area contributed by atoms with E-state index in [4.69, 9.17) is 11.5 Å². The topological polar surface area (TPSA) is 78.4 Å². The first-order chi connectivity index (χ1) is 8.69. The predicted octanol–water partition coefficient (Wildman–Crippen LogP) is 1.83. The molecule has 0 saturated carbocycles. The van der Waals surface area contributed by atoms with E-state index in [9.17, 15) is 9.59 Å². The number of amides is 2. The molecule has 0 heterocycles. The van der Waals surface area contributed by atoms with Gasteiger partial charge in [-0.25, -0.2) is 4.79 Å². The average molecular weight is 268 g/mol. The van der Waals surface area contributed by atoms with Crippen LogP contribution in [-0.4, -0.2) is 29.7 Å². The fraction of sp³-hybridized carbons (Fsp3) is 0.714. The maximum atomic E-state index is 11.6. The van der Waals surface area contributed by atoms with Crippen LogP contribution in [-0.2, 0) is 4.79 Å². The molecule has 0 radical (unpaired) electrons. The van der Waals surface area contributed by atoms with Gasteiger partial charge in [-0.3, -0.25) is 4.79 Å². The number of carbonyl (C=O) groups is 2. The molecular formula is C14H24N2O3. The Morgan fingerprint density at radius 3 is 2.32 bits per heavy atom. The third kappa shape index (κ3) is 8.09. The monoisotopic (exact) mass is 268 g/mol. The van der Waals surface area contributed by atoms with Crippen LogP contribution in [0.3, 0.4) is 0 Å². The SMILES string of the molecule is C#CC(CC)NC(=O)NCC(CC(C)(C)C)C(=O)O. The molecule has 0 aromatic heterocycles. The number of carboxylic acid groups (broad SMARTS) is 1. The first-order valence-corrected chi connectivity index (χ1v) is 6.43. The highest BCUT2D eigenvalue weighted by atomic mass is 16.4. The van der Waals surface area contributed by atoms with Crippen LogP contribution in [0.1, 0.15) is 40.5 Å². The van der Waals surface area contributed by atoms with Crippen molar-refractivity contribution in [3.8, 4) is 12.3 Å². The summed E-state index contributed by atoms with van der Waals surface area (Å²) in [4.78, 5) is 22.7. The maximum absolute atomic E-state index is 11.6. The van der Waals surface area contributed by atoms with Crippen LogP contribution in [0.2, 0.25) is 0 Å². The minimum Gasteiger partial charge on any atom is -0.481 e. The minimum absolute atomic E-state index is 0.0967. The van der Waals surface area contributed by atoms with E-state index in [-0.39, 0.29) is 18.0 Å². The molecule has 0 saturated heterocycles. The predicted molar refractivity (Wildman–Crippen MR) is 74.6 cm³/mol. The summed E-state index contributed by atoms with van der Waals surface area (Å²) in [6.45, 7) is 7.86. The summed E-state index contributed by atoms with van der Waals surface area (Å²) < 4.78 is 0. The molecule has 2 atom stereocenters. The summed E-state index contributed by atoms with van der Waals surface area (Å²) in [5.74, 6) is 0.939. The van der Waals surface area contributed by atoms with Gasteiger partial charge in [-0.05, 0) is 18.3 Å². The minimum atomic E-state index is -0.904. The van der Waals surface area contributed by atoms with Gasteiger partial charge in [-0.2, -0.15) is 0 Å². The van der Waals surface area contributed by atoms with Crippen LogP contribution in [0.15, 0.2) is 0 Å². The van der Waals surface area contributed by atoms with Gasteiger partial charge in [-0.1, -0.05) is 33.6 Å². The highest BCUT2D eigenvalue weighted by Gasteiger charge is 2.25. The Kier molecular flexibility index (Phi) is 6.99. The fourth-order valence-electron chi connectivity index (χ4n) is 1.67. The molecule has 0 aliphatic heterocycles. The van der Waals surface area contributed by atoms with E-state index in [1.807, 2.05) is 27.7 Å². The molecule has 0 aliphatic rings. The molecule has 0 aromatic carbocycles. The Balaban J connectivity index is 4.30. The van der Waals surface area contributed by atoms with Crippen LogP contribution in [0.4, 0.5) is 4.79 Å². The molecule has 0 rings (SSSR count). The smallest absolute Gasteiger partial charge is 0.315 e. The van der Waals surface area contributed by atoms with Crippen molar-refractivity contribution in [2.24, 2.45) is 11.3 Å². The summed E-state index contributed by atoms with van der Waals surface area (Å²) in [6.07, 6.45) is 6.36. The molecule has 2 amide bonds. The van der Waals surface area contributed by atoms with Crippen molar-refractivity contribution in [3.63, 3.8) is 0 Å². The number of terminal acetylenes is 1. The maximum Gasteiger partial charge on any atom is 0.315 e. The molecule has 5 nitrogen and oxygen atoms in total. The Hall–Kier alpha value is -1.70. The molecule has 108 valence electrons. The lowest BCUT2D eigenvalue weighted by Crippen LogP contribution is -2.44. The van der Waals surface area contributed by atoms with Gasteiger partial charge >= 0.3 is 12.0 Å². The molecule has 0 aliphatic carbocycles. The molecule has 19 heavy (non-hydrogen) atoms. The summed E-state index contributed by atoms with van der Waals surface area (Å²) in [5.41, 5.74) is -0.105. The van der Waals surface area contributed by atoms with E-state index in [0.29, 0.717) is 12.8 Å². The standard InChI is InChI=1S/C14H24N2O3/c1-6-11(7-2)16-13(19)15-9-10(12(17)18)8-14(3,4)5/h1,10-11H,7-9H2,2-5H3,(H,17,18)(H2,15,16,19). The number of hydrogen-bond acceptors (Lipinski definition) is 2. The Bertz CT molecular complexity index is 353. The second-order valence-corrected chi connectivity index (χ2v) is 5.78. The average Bonchev–Trinajstić information content (AvgIpc) is 2.29. The molecule has 2 unspecified atom stereocenters. The van der Waals surface area contributed by atoms with Crippen molar-refractivity contribution in [1.82, 2.24) is 10.6 Å². The number of carbonyl (C=O) groups excluding carboxylic acids is 1. The first-order valence-electron chi connectivity index (χ1n) is 6.43. The van der Waals surface area contributed by atoms with Crippen LogP contribution >= 0.6 is 0 Å². The number of rotatable bonds is 6. The number of nitrogens with one attached hydrogen (secondary N) is 2. The number of urea groups is 1. The molecule has 3 N–H and O–H groups in total. The van der Waals surface area contributed by atoms with E-state index in [1.165, 1.54) is 0 Å². The lowest BCUT2D eigenvalue weighted by atomic mass is 9.84. The molecule has 0 bridgehead atoms. The van der Waals surface area contributed by atoms with Gasteiger partial charge in [0.2, 0.25) is 0 Å². The Labute approximate surface area is 115 Å². The molecule has 0 fully saturated rings. The third-order valence-corrected chi connectivity index (χ3v) is 2.63. The summed E-state index contributed by atoms with van der Waals surface area (Å²) in [6, 6.07) is -0.754. The van der Waals surface area contributed by atoms with Crippen molar-refractivity contribution >= 4 is 12.0 Å². The van der Waals surface area contributed by atoms with Crippen LogP contribution in [0.5, 0.6) is 0 Å². The summed E-state index contributed by atoms with van der Waals surface area (Å²) in [7, 11) is 0. The number of aliphatic carboxylic acids is 1. The van der Waals surface area contributed by atoms with Gasteiger partial charge in [0.25, 0.3) is 0 Å². The number of carboxylic acids is 1. The molecular weight excluding hydrogens is 244 g/mol. The summed E-state index contributed by atoms with van der Waals surface area (Å²) in [5, 5.41) is 14.3. The number of hydrogen-bond donors (Lipinski definition) is 3. The zero-order chi connectivity index (χ0) is 15.1. The largest absolute Gasteiger partial charge is 0.481 e. The lowest BCUT2D eigenvalue weighted by molar-refractivity contribution is -0.142. The van der Waals surface area contributed by atoms with E-state index < -0.39 is 17.9 Å². The molecule has 0 spiro atoms. The van der Waals surface area contributed by atoms with E-state index in [0.717, 1.165) is 0 Å². The van der Waals surface area contributed by atoms with E-state index >= 15 is 0 Å². The first kappa shape index (κ1) is 17.3. The van der Waals surface area contributed by atoms with Gasteiger partial charge in [0, 0.05) is 6.54 Å². The van der Waals surface area contributed by atoms with Crippen molar-refractivity contribution < 1.29 is 14.7 Å². The van der Waals surface area contributed by atoms with Gasteiger partial charge in [0.1, 0.15) is 0 Å². The quantitative estimate of drug-likeness (QED) is 0.643. The van der Waals surface area contributed by atoms with Crippen LogP contribution < -0.4 is 10.6 Å². The van der Waals surface area contributed by atoms with Gasteiger partial charge in [0.05, 0.1) is 12.0 Å². The normalized spacial score (nSPS) is 14.1. The zero-order valence-electron chi connectivity index (χ0n) is 12.1. The highest BCUT2D eigenvalue weighted by Crippen LogP contribution is 2.24. The second kappa shape index (κ2) is 7.67. The zero-order valence-corrected chi connectivity index (χ0v) is 12.1. The van der Waals surface area contributed by atoms with Crippen molar-refractivity contribution in [3.05, 3.63) is 0 Å². The van der Waals surface area contributed by atoms with Gasteiger partial charge in [-0.15, -0.1) is 6.42 Å². The lowest BCUT2D eigenvalue weighted by Gasteiger charge is -2.23. The van der Waals surface area contributed by atoms with Crippen LogP contribution in [0, 0.1) is 23.7 Å². The van der Waals surface area contributed by atoms with Gasteiger partial charge < -0.3 is 15.7 Å². The highest BCUT2D eigenvalue weighted by molar-refractivity contribution is 5.76. The van der Waals surface area contributed by atoms with Crippen molar-refractivity contribution in [2.45, 2.75) is 46.6 Å². The van der Waals surface area contributed by atoms with Crippen molar-refractivity contribution in [2.75, 3.05) is 6.54 Å².